The Morgan fingerprint density at radius 1 is 1.25 bits per heavy atom. The number of halogens is 2. The molecule has 3 N–H and O–H groups in total. The van der Waals surface area contributed by atoms with Crippen LogP contribution in [0, 0.1) is 0 Å². The van der Waals surface area contributed by atoms with Gasteiger partial charge in [0, 0.05) is 39.5 Å². The Bertz CT molecular complexity index is 718. The van der Waals surface area contributed by atoms with Gasteiger partial charge in [-0.1, -0.05) is 0 Å². The van der Waals surface area contributed by atoms with E-state index in [1.807, 2.05) is 0 Å². The molecular weight excluding hydrogens is 390 g/mol. The third-order valence-electron chi connectivity index (χ3n) is 2.67. The van der Waals surface area contributed by atoms with Crippen molar-refractivity contribution in [1.82, 2.24) is 4.57 Å². The first-order valence-electron chi connectivity index (χ1n) is 5.61. The maximum atomic E-state index is 12.1. The van der Waals surface area contributed by atoms with Gasteiger partial charge in [0.2, 0.25) is 0 Å². The predicted octanol–water partition coefficient (Wildman–Crippen LogP) is 2.74. The van der Waals surface area contributed by atoms with Crippen molar-refractivity contribution >= 4 is 49.1 Å². The van der Waals surface area contributed by atoms with Crippen LogP contribution in [0.5, 0.6) is 0 Å². The van der Waals surface area contributed by atoms with E-state index < -0.39 is 0 Å². The molecule has 0 saturated carbocycles. The van der Waals surface area contributed by atoms with Crippen LogP contribution >= 0.6 is 31.9 Å². The Hall–Kier alpha value is -1.60. The molecule has 1 heterocycles. The summed E-state index contributed by atoms with van der Waals surface area (Å²) in [5.41, 5.74) is 6.87. The zero-order valence-corrected chi connectivity index (χ0v) is 13.7. The predicted molar refractivity (Wildman–Crippen MR) is 85.9 cm³/mol. The molecule has 0 fully saturated rings. The van der Waals surface area contributed by atoms with Crippen LogP contribution in [0.15, 0.2) is 44.2 Å². The monoisotopic (exact) mass is 399 g/mol. The van der Waals surface area contributed by atoms with Gasteiger partial charge in [-0.25, -0.2) is 0 Å². The first-order valence-corrected chi connectivity index (χ1v) is 7.19. The van der Waals surface area contributed by atoms with E-state index in [9.17, 15) is 9.59 Å². The minimum atomic E-state index is -0.367. The van der Waals surface area contributed by atoms with E-state index in [2.05, 4.69) is 37.2 Å². The maximum Gasteiger partial charge on any atom is 0.255 e. The Kier molecular flexibility index (Phi) is 4.29. The Morgan fingerprint density at radius 3 is 2.40 bits per heavy atom. The van der Waals surface area contributed by atoms with Gasteiger partial charge in [-0.3, -0.25) is 9.59 Å². The molecule has 0 aliphatic rings. The van der Waals surface area contributed by atoms with Gasteiger partial charge in [0.25, 0.3) is 11.5 Å². The number of nitrogens with two attached hydrogens (primary N) is 1. The zero-order valence-electron chi connectivity index (χ0n) is 10.5. The number of aryl methyl sites for hydroxylation is 1. The highest BCUT2D eigenvalue weighted by molar-refractivity contribution is 9.11. The van der Waals surface area contributed by atoms with Crippen LogP contribution in [0.3, 0.4) is 0 Å². The lowest BCUT2D eigenvalue weighted by atomic mass is 10.2. The molecule has 0 aliphatic carbocycles. The van der Waals surface area contributed by atoms with E-state index in [-0.39, 0.29) is 11.5 Å². The molecule has 2 rings (SSSR count). The quantitative estimate of drug-likeness (QED) is 0.761. The molecule has 0 aliphatic heterocycles. The standard InChI is InChI=1S/C13H11Br2N3O2/c1-18-3-2-7(4-11(18)19)13(20)17-12-9(14)5-8(16)6-10(12)15/h2-6H,16H2,1H3,(H,17,20). The largest absolute Gasteiger partial charge is 0.399 e. The highest BCUT2D eigenvalue weighted by Crippen LogP contribution is 2.33. The van der Waals surface area contributed by atoms with Gasteiger partial charge in [-0.2, -0.15) is 0 Å². The first kappa shape index (κ1) is 14.8. The molecule has 1 aromatic carbocycles. The van der Waals surface area contributed by atoms with Crippen molar-refractivity contribution in [3.8, 4) is 0 Å². The topological polar surface area (TPSA) is 77.1 Å². The number of pyridine rings is 1. The van der Waals surface area contributed by atoms with Gasteiger partial charge >= 0.3 is 0 Å². The molecule has 104 valence electrons. The number of nitrogens with zero attached hydrogens (tertiary/aromatic N) is 1. The summed E-state index contributed by atoms with van der Waals surface area (Å²) < 4.78 is 2.70. The Morgan fingerprint density at radius 2 is 1.85 bits per heavy atom. The number of carbonyl (C=O) groups excluding carboxylic acids is 1. The number of carbonyl (C=O) groups is 1. The summed E-state index contributed by atoms with van der Waals surface area (Å²) in [5.74, 6) is -0.367. The van der Waals surface area contributed by atoms with Crippen LogP contribution in [-0.2, 0) is 7.05 Å². The number of rotatable bonds is 2. The van der Waals surface area contributed by atoms with Gasteiger partial charge < -0.3 is 15.6 Å². The summed E-state index contributed by atoms with van der Waals surface area (Å²) in [6.07, 6.45) is 1.55. The average molecular weight is 401 g/mol. The van der Waals surface area contributed by atoms with E-state index in [0.717, 1.165) is 0 Å². The zero-order chi connectivity index (χ0) is 14.9. The highest BCUT2D eigenvalue weighted by atomic mass is 79.9. The van der Waals surface area contributed by atoms with Crippen molar-refractivity contribution in [2.45, 2.75) is 0 Å². The molecule has 0 bridgehead atoms. The average Bonchev–Trinajstić information content (AvgIpc) is 2.36. The number of benzene rings is 1. The summed E-state index contributed by atoms with van der Waals surface area (Å²) in [6, 6.07) is 6.24. The number of hydrogen-bond donors (Lipinski definition) is 2. The van der Waals surface area contributed by atoms with E-state index in [1.54, 1.807) is 31.4 Å². The number of nitrogen functional groups attached to an aromatic ring is 1. The lowest BCUT2D eigenvalue weighted by molar-refractivity contribution is 0.102. The van der Waals surface area contributed by atoms with Crippen molar-refractivity contribution < 1.29 is 4.79 Å². The van der Waals surface area contributed by atoms with Crippen LogP contribution in [0.2, 0.25) is 0 Å². The number of hydrogen-bond acceptors (Lipinski definition) is 3. The summed E-state index contributed by atoms with van der Waals surface area (Å²) >= 11 is 6.67. The number of nitrogens with one attached hydrogen (secondary N) is 1. The lowest BCUT2D eigenvalue weighted by Gasteiger charge is -2.11. The van der Waals surface area contributed by atoms with Gasteiger partial charge in [0.1, 0.15) is 0 Å². The lowest BCUT2D eigenvalue weighted by Crippen LogP contribution is -2.20. The molecule has 0 spiro atoms. The van der Waals surface area contributed by atoms with Crippen LogP contribution in [0.25, 0.3) is 0 Å². The van der Waals surface area contributed by atoms with Crippen molar-refractivity contribution in [1.29, 1.82) is 0 Å². The molecule has 7 heteroatoms. The van der Waals surface area contributed by atoms with Crippen molar-refractivity contribution in [2.75, 3.05) is 11.1 Å². The molecule has 1 amide bonds. The fourth-order valence-electron chi connectivity index (χ4n) is 1.59. The van der Waals surface area contributed by atoms with Crippen molar-refractivity contribution in [3.05, 3.63) is 55.3 Å². The molecular formula is C13H11Br2N3O2. The normalized spacial score (nSPS) is 10.3. The fraction of sp³-hybridized carbons (Fsp3) is 0.0769. The third-order valence-corrected chi connectivity index (χ3v) is 3.92. The van der Waals surface area contributed by atoms with E-state index in [4.69, 9.17) is 5.73 Å². The van der Waals surface area contributed by atoms with E-state index in [1.165, 1.54) is 10.6 Å². The Labute approximate surface area is 132 Å². The molecule has 1 aromatic heterocycles. The van der Waals surface area contributed by atoms with Crippen LogP contribution in [-0.4, -0.2) is 10.5 Å². The number of aromatic nitrogens is 1. The van der Waals surface area contributed by atoms with Gasteiger partial charge in [-0.05, 0) is 50.1 Å². The molecule has 0 unspecified atom stereocenters. The second kappa shape index (κ2) is 5.80. The minimum Gasteiger partial charge on any atom is -0.399 e. The van der Waals surface area contributed by atoms with E-state index in [0.29, 0.717) is 25.9 Å². The highest BCUT2D eigenvalue weighted by Gasteiger charge is 2.12. The summed E-state index contributed by atoms with van der Waals surface area (Å²) in [4.78, 5) is 23.7. The second-order valence-electron chi connectivity index (χ2n) is 4.18. The van der Waals surface area contributed by atoms with E-state index >= 15 is 0 Å². The summed E-state index contributed by atoms with van der Waals surface area (Å²) in [7, 11) is 1.62. The number of amides is 1. The summed E-state index contributed by atoms with van der Waals surface area (Å²) in [6.45, 7) is 0. The SMILES string of the molecule is Cn1ccc(C(=O)Nc2c(Br)cc(N)cc2Br)cc1=O. The van der Waals surface area contributed by atoms with Gasteiger partial charge in [0.15, 0.2) is 0 Å². The first-order chi connectivity index (χ1) is 9.38. The molecule has 0 saturated heterocycles. The van der Waals surface area contributed by atoms with Crippen LogP contribution < -0.4 is 16.6 Å². The third kappa shape index (κ3) is 3.10. The summed E-state index contributed by atoms with van der Waals surface area (Å²) in [5, 5.41) is 2.73. The van der Waals surface area contributed by atoms with Gasteiger partial charge in [0.05, 0.1) is 5.69 Å². The molecule has 5 nitrogen and oxygen atoms in total. The van der Waals surface area contributed by atoms with Gasteiger partial charge in [-0.15, -0.1) is 0 Å². The van der Waals surface area contributed by atoms with Crippen molar-refractivity contribution in [3.63, 3.8) is 0 Å². The molecule has 2 aromatic rings. The molecule has 0 atom stereocenters. The molecule has 20 heavy (non-hydrogen) atoms. The smallest absolute Gasteiger partial charge is 0.255 e. The fourth-order valence-corrected chi connectivity index (χ4v) is 3.01. The Balaban J connectivity index is 2.32. The second-order valence-corrected chi connectivity index (χ2v) is 5.89. The van der Waals surface area contributed by atoms with Crippen LogP contribution in [0.1, 0.15) is 10.4 Å². The maximum absolute atomic E-state index is 12.1. The van der Waals surface area contributed by atoms with Crippen molar-refractivity contribution in [2.24, 2.45) is 7.05 Å². The molecule has 0 radical (unpaired) electrons. The van der Waals surface area contributed by atoms with Crippen LogP contribution in [0.4, 0.5) is 11.4 Å². The minimum absolute atomic E-state index is 0.243. The number of anilines is 2.